The first-order valence-corrected chi connectivity index (χ1v) is 11.7. The average Bonchev–Trinajstić information content (AvgIpc) is 3.27. The molecule has 0 unspecified atom stereocenters. The van der Waals surface area contributed by atoms with Crippen molar-refractivity contribution < 1.29 is 28.5 Å². The Labute approximate surface area is 217 Å². The van der Waals surface area contributed by atoms with Gasteiger partial charge in [-0.2, -0.15) is 5.10 Å². The predicted octanol–water partition coefficient (Wildman–Crippen LogP) is 2.98. The summed E-state index contributed by atoms with van der Waals surface area (Å²) < 4.78 is 10.9. The summed E-state index contributed by atoms with van der Waals surface area (Å²) in [7, 11) is 1.52. The number of non-ortho nitro benzene ring substituents is 1. The van der Waals surface area contributed by atoms with E-state index in [4.69, 9.17) is 9.15 Å². The van der Waals surface area contributed by atoms with Crippen molar-refractivity contribution >= 4 is 29.1 Å². The van der Waals surface area contributed by atoms with Gasteiger partial charge in [0.15, 0.2) is 5.76 Å². The van der Waals surface area contributed by atoms with Crippen molar-refractivity contribution in [2.24, 2.45) is 5.10 Å². The molecule has 1 aliphatic carbocycles. The highest BCUT2D eigenvalue weighted by Gasteiger charge is 2.28. The summed E-state index contributed by atoms with van der Waals surface area (Å²) in [4.78, 5) is 47.8. The van der Waals surface area contributed by atoms with Crippen LogP contribution in [0.5, 0.6) is 5.75 Å². The Morgan fingerprint density at radius 3 is 2.37 bits per heavy atom. The molecule has 3 N–H and O–H groups in total. The molecular formula is C26H25N5O7. The Balaban J connectivity index is 1.40. The van der Waals surface area contributed by atoms with Crippen LogP contribution in [0, 0.1) is 17.0 Å². The summed E-state index contributed by atoms with van der Waals surface area (Å²) in [5.41, 5.74) is 9.89. The minimum atomic E-state index is -0.625. The lowest BCUT2D eigenvalue weighted by Crippen LogP contribution is -2.41. The van der Waals surface area contributed by atoms with Gasteiger partial charge in [0.25, 0.3) is 11.6 Å². The molecule has 0 radical (unpaired) electrons. The number of hydrazine groups is 1. The number of carbonyl (C=O) groups is 3. The zero-order chi connectivity index (χ0) is 27.2. The van der Waals surface area contributed by atoms with E-state index in [1.807, 2.05) is 0 Å². The molecule has 12 heteroatoms. The number of nitrogens with one attached hydrogen (secondary N) is 3. The van der Waals surface area contributed by atoms with Gasteiger partial charge in [-0.15, -0.1) is 0 Å². The number of ether oxygens (including phenoxy) is 1. The minimum absolute atomic E-state index is 0.00640. The lowest BCUT2D eigenvalue weighted by Gasteiger charge is -2.13. The van der Waals surface area contributed by atoms with Crippen molar-refractivity contribution in [2.45, 2.75) is 32.6 Å². The van der Waals surface area contributed by atoms with E-state index in [-0.39, 0.29) is 23.8 Å². The summed E-state index contributed by atoms with van der Waals surface area (Å²) in [6.45, 7) is 1.71. The quantitative estimate of drug-likeness (QED) is 0.319. The summed E-state index contributed by atoms with van der Waals surface area (Å²) in [5.74, 6) is -0.310. The fourth-order valence-electron chi connectivity index (χ4n) is 4.07. The van der Waals surface area contributed by atoms with Gasteiger partial charge in [-0.05, 0) is 49.6 Å². The first-order valence-electron chi connectivity index (χ1n) is 11.7. The normalized spacial score (nSPS) is 13.4. The van der Waals surface area contributed by atoms with Crippen LogP contribution < -0.4 is 21.0 Å². The monoisotopic (exact) mass is 519 g/mol. The standard InChI is InChI=1S/C26H25N5O7/c1-15-23-20(27-28-22(32)14-16-6-10-18(11-7-16)31(35)36)4-3-5-21(23)38-24(15)26(34)30-29-25(33)17-8-12-19(37-2)13-9-17/h6-13H,3-5,14H2,1-2H3,(H,28,32)(H,29,33)(H,30,34)/b27-20+. The van der Waals surface area contributed by atoms with E-state index in [0.29, 0.717) is 58.7 Å². The molecule has 0 spiro atoms. The molecule has 196 valence electrons. The van der Waals surface area contributed by atoms with Crippen LogP contribution in [-0.4, -0.2) is 35.5 Å². The van der Waals surface area contributed by atoms with Crippen molar-refractivity contribution in [3.8, 4) is 5.75 Å². The Hall–Kier alpha value is -5.00. The largest absolute Gasteiger partial charge is 0.497 e. The molecule has 0 fully saturated rings. The second-order valence-electron chi connectivity index (χ2n) is 8.54. The fourth-order valence-corrected chi connectivity index (χ4v) is 4.07. The third-order valence-corrected chi connectivity index (χ3v) is 6.00. The molecule has 3 aromatic rings. The van der Waals surface area contributed by atoms with Crippen LogP contribution >= 0.6 is 0 Å². The number of fused-ring (bicyclic) bond motifs is 1. The second-order valence-corrected chi connectivity index (χ2v) is 8.54. The number of hydrogen-bond acceptors (Lipinski definition) is 8. The number of hydrogen-bond donors (Lipinski definition) is 3. The number of nitro benzene ring substituents is 1. The van der Waals surface area contributed by atoms with Gasteiger partial charge in [0.05, 0.1) is 24.2 Å². The summed E-state index contributed by atoms with van der Waals surface area (Å²) in [6.07, 6.45) is 1.87. The van der Waals surface area contributed by atoms with E-state index in [9.17, 15) is 24.5 Å². The molecule has 3 amide bonds. The van der Waals surface area contributed by atoms with E-state index < -0.39 is 16.7 Å². The first kappa shape index (κ1) is 26.1. The maximum atomic E-state index is 12.8. The van der Waals surface area contributed by atoms with Gasteiger partial charge >= 0.3 is 5.91 Å². The van der Waals surface area contributed by atoms with Gasteiger partial charge in [0, 0.05) is 35.2 Å². The topological polar surface area (TPSA) is 165 Å². The van der Waals surface area contributed by atoms with E-state index in [0.717, 1.165) is 0 Å². The highest BCUT2D eigenvalue weighted by atomic mass is 16.6. The van der Waals surface area contributed by atoms with Crippen LogP contribution in [0.2, 0.25) is 0 Å². The Bertz CT molecular complexity index is 1410. The van der Waals surface area contributed by atoms with Gasteiger partial charge in [-0.1, -0.05) is 12.1 Å². The third kappa shape index (κ3) is 5.86. The Morgan fingerprint density at radius 1 is 1.03 bits per heavy atom. The fraction of sp³-hybridized carbons (Fsp3) is 0.231. The summed E-state index contributed by atoms with van der Waals surface area (Å²) in [6, 6.07) is 12.1. The number of carbonyl (C=O) groups excluding carboxylic acids is 3. The second kappa shape index (κ2) is 11.4. The number of methoxy groups -OCH3 is 1. The molecule has 38 heavy (non-hydrogen) atoms. The van der Waals surface area contributed by atoms with E-state index in [1.165, 1.54) is 31.4 Å². The molecule has 1 heterocycles. The van der Waals surface area contributed by atoms with Crippen molar-refractivity contribution in [3.63, 3.8) is 0 Å². The van der Waals surface area contributed by atoms with E-state index in [1.54, 1.807) is 31.2 Å². The minimum Gasteiger partial charge on any atom is -0.497 e. The zero-order valence-corrected chi connectivity index (χ0v) is 20.7. The van der Waals surface area contributed by atoms with Crippen molar-refractivity contribution in [1.82, 2.24) is 16.3 Å². The summed E-state index contributed by atoms with van der Waals surface area (Å²) in [5, 5.41) is 15.0. The lowest BCUT2D eigenvalue weighted by atomic mass is 9.93. The Kier molecular flexibility index (Phi) is 7.80. The van der Waals surface area contributed by atoms with Crippen LogP contribution in [0.1, 0.15) is 56.2 Å². The number of nitro groups is 1. The van der Waals surface area contributed by atoms with E-state index >= 15 is 0 Å². The zero-order valence-electron chi connectivity index (χ0n) is 20.7. The number of hydrazone groups is 1. The lowest BCUT2D eigenvalue weighted by molar-refractivity contribution is -0.384. The van der Waals surface area contributed by atoms with Gasteiger partial charge in [0.2, 0.25) is 5.91 Å². The SMILES string of the molecule is COc1ccc(C(=O)NNC(=O)c2oc3c(c2C)/C(=N/NC(=O)Cc2ccc([N+](=O)[O-])cc2)CCC3)cc1. The Morgan fingerprint density at radius 2 is 1.71 bits per heavy atom. The van der Waals surface area contributed by atoms with Gasteiger partial charge < -0.3 is 9.15 Å². The van der Waals surface area contributed by atoms with Crippen LogP contribution in [0.3, 0.4) is 0 Å². The van der Waals surface area contributed by atoms with Gasteiger partial charge in [-0.3, -0.25) is 35.3 Å². The molecule has 0 bridgehead atoms. The van der Waals surface area contributed by atoms with Crippen LogP contribution in [0.25, 0.3) is 0 Å². The van der Waals surface area contributed by atoms with Gasteiger partial charge in [-0.25, -0.2) is 5.43 Å². The highest BCUT2D eigenvalue weighted by Crippen LogP contribution is 2.29. The molecule has 0 saturated carbocycles. The first-order chi connectivity index (χ1) is 18.3. The average molecular weight is 520 g/mol. The van der Waals surface area contributed by atoms with Crippen molar-refractivity contribution in [1.29, 1.82) is 0 Å². The molecule has 0 aliphatic heterocycles. The number of nitrogens with zero attached hydrogens (tertiary/aromatic N) is 2. The third-order valence-electron chi connectivity index (χ3n) is 6.00. The smallest absolute Gasteiger partial charge is 0.305 e. The number of aryl methyl sites for hydroxylation is 1. The van der Waals surface area contributed by atoms with Crippen molar-refractivity contribution in [2.75, 3.05) is 7.11 Å². The molecule has 0 saturated heterocycles. The molecule has 12 nitrogen and oxygen atoms in total. The van der Waals surface area contributed by atoms with Crippen LogP contribution in [0.4, 0.5) is 5.69 Å². The van der Waals surface area contributed by atoms with Crippen LogP contribution in [-0.2, 0) is 17.6 Å². The van der Waals surface area contributed by atoms with Crippen LogP contribution in [0.15, 0.2) is 58.0 Å². The summed E-state index contributed by atoms with van der Waals surface area (Å²) >= 11 is 0. The maximum Gasteiger partial charge on any atom is 0.305 e. The molecule has 2 aromatic carbocycles. The van der Waals surface area contributed by atoms with E-state index in [2.05, 4.69) is 21.4 Å². The van der Waals surface area contributed by atoms with Gasteiger partial charge in [0.1, 0.15) is 11.5 Å². The molecule has 4 rings (SSSR count). The maximum absolute atomic E-state index is 12.8. The number of furan rings is 1. The molecule has 1 aliphatic rings. The highest BCUT2D eigenvalue weighted by molar-refractivity contribution is 6.07. The van der Waals surface area contributed by atoms with Crippen molar-refractivity contribution in [3.05, 3.63) is 92.4 Å². The number of benzene rings is 2. The predicted molar refractivity (Wildman–Crippen MR) is 136 cm³/mol. The number of amides is 3. The molecule has 0 atom stereocenters. The molecular weight excluding hydrogens is 494 g/mol. The molecule has 1 aromatic heterocycles. The number of rotatable bonds is 7.